The third kappa shape index (κ3) is 2.66. The molecule has 0 aromatic carbocycles. The van der Waals surface area contributed by atoms with Crippen molar-refractivity contribution in [2.75, 3.05) is 0 Å². The van der Waals surface area contributed by atoms with Crippen molar-refractivity contribution in [1.82, 2.24) is 10.3 Å². The van der Waals surface area contributed by atoms with E-state index in [-0.39, 0.29) is 11.9 Å². The Morgan fingerprint density at radius 3 is 3.00 bits per heavy atom. The van der Waals surface area contributed by atoms with Crippen molar-refractivity contribution in [1.29, 1.82) is 0 Å². The fourth-order valence-corrected chi connectivity index (χ4v) is 3.29. The monoisotopic (exact) mass is 304 g/mol. The van der Waals surface area contributed by atoms with Crippen LogP contribution in [-0.4, -0.2) is 10.9 Å². The summed E-state index contributed by atoms with van der Waals surface area (Å²) in [5.41, 5.74) is 1.49. The summed E-state index contributed by atoms with van der Waals surface area (Å²) in [5.74, 6) is 0.540. The quantitative estimate of drug-likeness (QED) is 0.794. The third-order valence-electron chi connectivity index (χ3n) is 2.82. The van der Waals surface area contributed by atoms with Crippen LogP contribution in [0.5, 0.6) is 0 Å². The lowest BCUT2D eigenvalue weighted by Crippen LogP contribution is -2.26. The van der Waals surface area contributed by atoms with E-state index in [4.69, 9.17) is 4.42 Å². The number of thiazole rings is 1. The molecule has 0 bridgehead atoms. The van der Waals surface area contributed by atoms with Gasteiger partial charge in [-0.15, -0.1) is 11.3 Å². The van der Waals surface area contributed by atoms with E-state index < -0.39 is 0 Å². The minimum absolute atomic E-state index is 0.177. The van der Waals surface area contributed by atoms with Crippen molar-refractivity contribution >= 4 is 28.6 Å². The zero-order valence-corrected chi connectivity index (χ0v) is 12.3. The third-order valence-corrected chi connectivity index (χ3v) is 4.40. The number of nitrogens with one attached hydrogen (secondary N) is 1. The van der Waals surface area contributed by atoms with Crippen molar-refractivity contribution in [3.8, 4) is 10.6 Å². The van der Waals surface area contributed by atoms with Crippen molar-refractivity contribution in [2.45, 2.75) is 13.0 Å². The second-order valence-corrected chi connectivity index (χ2v) is 5.90. The molecule has 0 radical (unpaired) electrons. The van der Waals surface area contributed by atoms with Gasteiger partial charge < -0.3 is 9.73 Å². The molecule has 1 atom stereocenters. The van der Waals surface area contributed by atoms with Crippen LogP contribution < -0.4 is 5.32 Å². The Morgan fingerprint density at radius 1 is 1.40 bits per heavy atom. The minimum Gasteiger partial charge on any atom is -0.467 e. The molecule has 0 aliphatic carbocycles. The fourth-order valence-electron chi connectivity index (χ4n) is 1.78. The smallest absolute Gasteiger partial charge is 0.271 e. The Balaban J connectivity index is 1.72. The van der Waals surface area contributed by atoms with Crippen molar-refractivity contribution < 1.29 is 9.21 Å². The van der Waals surface area contributed by atoms with Gasteiger partial charge in [0.1, 0.15) is 16.5 Å². The lowest BCUT2D eigenvalue weighted by atomic mass is 10.2. The molecule has 0 unspecified atom stereocenters. The molecule has 3 rings (SSSR count). The molecule has 0 aliphatic heterocycles. The topological polar surface area (TPSA) is 55.1 Å². The molecular weight excluding hydrogens is 292 g/mol. The normalized spacial score (nSPS) is 12.2. The molecule has 0 aliphatic rings. The molecule has 0 saturated carbocycles. The van der Waals surface area contributed by atoms with E-state index in [2.05, 4.69) is 10.3 Å². The van der Waals surface area contributed by atoms with Gasteiger partial charge in [0, 0.05) is 16.3 Å². The summed E-state index contributed by atoms with van der Waals surface area (Å²) in [4.78, 5) is 16.5. The van der Waals surface area contributed by atoms with Gasteiger partial charge in [0.2, 0.25) is 0 Å². The Hall–Kier alpha value is -1.92. The van der Waals surface area contributed by atoms with Gasteiger partial charge in [-0.3, -0.25) is 4.79 Å². The molecule has 102 valence electrons. The van der Waals surface area contributed by atoms with E-state index in [0.717, 1.165) is 16.3 Å². The van der Waals surface area contributed by atoms with Crippen LogP contribution in [0.3, 0.4) is 0 Å². The number of rotatable bonds is 4. The Bertz CT molecular complexity index is 687. The number of hydrogen-bond acceptors (Lipinski definition) is 5. The van der Waals surface area contributed by atoms with Gasteiger partial charge in [-0.25, -0.2) is 4.98 Å². The molecule has 1 amide bonds. The van der Waals surface area contributed by atoms with Crippen LogP contribution in [-0.2, 0) is 0 Å². The molecule has 4 nitrogen and oxygen atoms in total. The van der Waals surface area contributed by atoms with E-state index in [1.807, 2.05) is 29.8 Å². The first-order chi connectivity index (χ1) is 9.74. The number of carbonyl (C=O) groups excluding carboxylic acids is 1. The average molecular weight is 304 g/mol. The number of amides is 1. The molecule has 3 heterocycles. The number of thiophene rings is 1. The van der Waals surface area contributed by atoms with Gasteiger partial charge >= 0.3 is 0 Å². The van der Waals surface area contributed by atoms with Crippen molar-refractivity contribution in [2.24, 2.45) is 0 Å². The largest absolute Gasteiger partial charge is 0.467 e. The van der Waals surface area contributed by atoms with Crippen molar-refractivity contribution in [3.05, 3.63) is 52.1 Å². The first-order valence-corrected chi connectivity index (χ1v) is 7.88. The number of furan rings is 1. The average Bonchev–Trinajstić information content (AvgIpc) is 3.19. The molecule has 6 heteroatoms. The highest BCUT2D eigenvalue weighted by Gasteiger charge is 2.16. The minimum atomic E-state index is -0.188. The Kier molecular flexibility index (Phi) is 3.66. The predicted octanol–water partition coefficient (Wildman–Crippen LogP) is 3.96. The van der Waals surface area contributed by atoms with E-state index in [9.17, 15) is 4.79 Å². The highest BCUT2D eigenvalue weighted by molar-refractivity contribution is 7.14. The highest BCUT2D eigenvalue weighted by atomic mass is 32.1. The molecule has 0 spiro atoms. The van der Waals surface area contributed by atoms with Crippen LogP contribution in [0, 0.1) is 0 Å². The predicted molar refractivity (Wildman–Crippen MR) is 80.0 cm³/mol. The van der Waals surface area contributed by atoms with E-state index in [0.29, 0.717) is 5.69 Å². The maximum Gasteiger partial charge on any atom is 0.271 e. The number of carbonyl (C=O) groups is 1. The molecule has 3 aromatic rings. The lowest BCUT2D eigenvalue weighted by Gasteiger charge is -2.09. The number of hydrogen-bond donors (Lipinski definition) is 1. The standard InChI is InChI=1S/C14H12N2O2S2/c1-9(12-3-2-5-18-12)15-13(17)11-8-20-14(16-11)10-4-6-19-7-10/h2-9H,1H3,(H,15,17)/t9-/m0/s1. The highest BCUT2D eigenvalue weighted by Crippen LogP contribution is 2.25. The Morgan fingerprint density at radius 2 is 2.30 bits per heavy atom. The first kappa shape index (κ1) is 13.1. The van der Waals surface area contributed by atoms with Crippen LogP contribution in [0.25, 0.3) is 10.6 Å². The van der Waals surface area contributed by atoms with Crippen LogP contribution in [0.1, 0.15) is 29.2 Å². The van der Waals surface area contributed by atoms with Crippen LogP contribution in [0.15, 0.2) is 45.0 Å². The van der Waals surface area contributed by atoms with Gasteiger partial charge in [-0.2, -0.15) is 11.3 Å². The second kappa shape index (κ2) is 5.60. The van der Waals surface area contributed by atoms with E-state index in [1.165, 1.54) is 11.3 Å². The summed E-state index contributed by atoms with van der Waals surface area (Å²) in [6.07, 6.45) is 1.59. The SMILES string of the molecule is C[C@H](NC(=O)c1csc(-c2ccsc2)n1)c1ccco1. The van der Waals surface area contributed by atoms with Crippen LogP contribution >= 0.6 is 22.7 Å². The van der Waals surface area contributed by atoms with Gasteiger partial charge in [-0.1, -0.05) is 0 Å². The summed E-state index contributed by atoms with van der Waals surface area (Å²) < 4.78 is 5.27. The Labute approximate surface area is 124 Å². The lowest BCUT2D eigenvalue weighted by molar-refractivity contribution is 0.0931. The number of nitrogens with zero attached hydrogens (tertiary/aromatic N) is 1. The summed E-state index contributed by atoms with van der Waals surface area (Å²) in [7, 11) is 0. The molecule has 20 heavy (non-hydrogen) atoms. The molecule has 0 saturated heterocycles. The zero-order chi connectivity index (χ0) is 13.9. The summed E-state index contributed by atoms with van der Waals surface area (Å²) in [6.45, 7) is 1.88. The van der Waals surface area contributed by atoms with Gasteiger partial charge in [0.25, 0.3) is 5.91 Å². The molecular formula is C14H12N2O2S2. The van der Waals surface area contributed by atoms with Gasteiger partial charge in [0.15, 0.2) is 0 Å². The maximum atomic E-state index is 12.1. The fraction of sp³-hybridized carbons (Fsp3) is 0.143. The first-order valence-electron chi connectivity index (χ1n) is 6.06. The van der Waals surface area contributed by atoms with Crippen LogP contribution in [0.2, 0.25) is 0 Å². The molecule has 0 fully saturated rings. The summed E-state index contributed by atoms with van der Waals surface area (Å²) in [6, 6.07) is 5.46. The maximum absolute atomic E-state index is 12.1. The summed E-state index contributed by atoms with van der Waals surface area (Å²) >= 11 is 3.09. The van der Waals surface area contributed by atoms with E-state index >= 15 is 0 Å². The van der Waals surface area contributed by atoms with Gasteiger partial charge in [0.05, 0.1) is 12.3 Å². The van der Waals surface area contributed by atoms with Crippen molar-refractivity contribution in [3.63, 3.8) is 0 Å². The molecule has 1 N–H and O–H groups in total. The molecule has 3 aromatic heterocycles. The number of aromatic nitrogens is 1. The van der Waals surface area contributed by atoms with Gasteiger partial charge in [-0.05, 0) is 30.5 Å². The van der Waals surface area contributed by atoms with E-state index in [1.54, 1.807) is 29.0 Å². The zero-order valence-electron chi connectivity index (χ0n) is 10.7. The second-order valence-electron chi connectivity index (χ2n) is 4.26. The van der Waals surface area contributed by atoms with Crippen LogP contribution in [0.4, 0.5) is 0 Å². The summed E-state index contributed by atoms with van der Waals surface area (Å²) in [5, 5.41) is 9.52.